The maximum atomic E-state index is 12.1. The standard InChI is InChI=1S/C18H13F3N2O2S/c19-18(20,21)25-14-8-6-13(7-9-14)23-16(24)11-26-15-5-1-3-12-4-2-10-22-17(12)15/h1-10H,11H2,(H,23,24). The Kier molecular flexibility index (Phi) is 5.32. The van der Waals surface area contributed by atoms with Crippen LogP contribution in [0, 0.1) is 0 Å². The number of ether oxygens (including phenoxy) is 1. The maximum Gasteiger partial charge on any atom is 0.573 e. The van der Waals surface area contributed by atoms with Crippen LogP contribution in [0.2, 0.25) is 0 Å². The minimum absolute atomic E-state index is 0.149. The molecule has 3 rings (SSSR count). The first-order valence-electron chi connectivity index (χ1n) is 7.53. The number of thioether (sulfide) groups is 1. The predicted octanol–water partition coefficient (Wildman–Crippen LogP) is 4.86. The van der Waals surface area contributed by atoms with Gasteiger partial charge in [0.25, 0.3) is 0 Å². The zero-order chi connectivity index (χ0) is 18.6. The van der Waals surface area contributed by atoms with Crippen LogP contribution in [0.4, 0.5) is 18.9 Å². The highest BCUT2D eigenvalue weighted by Gasteiger charge is 2.30. The van der Waals surface area contributed by atoms with Gasteiger partial charge >= 0.3 is 6.36 Å². The molecule has 4 nitrogen and oxygen atoms in total. The van der Waals surface area contributed by atoms with Crippen molar-refractivity contribution in [1.82, 2.24) is 4.98 Å². The van der Waals surface area contributed by atoms with E-state index in [0.29, 0.717) is 5.69 Å². The second-order valence-electron chi connectivity index (χ2n) is 5.24. The summed E-state index contributed by atoms with van der Waals surface area (Å²) in [4.78, 5) is 17.3. The van der Waals surface area contributed by atoms with Crippen LogP contribution in [0.25, 0.3) is 10.9 Å². The van der Waals surface area contributed by atoms with Crippen LogP contribution in [-0.4, -0.2) is 23.0 Å². The van der Waals surface area contributed by atoms with E-state index in [1.54, 1.807) is 6.20 Å². The highest BCUT2D eigenvalue weighted by Crippen LogP contribution is 2.27. The van der Waals surface area contributed by atoms with E-state index in [2.05, 4.69) is 15.0 Å². The fraction of sp³-hybridized carbons (Fsp3) is 0.111. The summed E-state index contributed by atoms with van der Waals surface area (Å²) in [5.74, 6) is -0.463. The lowest BCUT2D eigenvalue weighted by Gasteiger charge is -2.10. The first-order chi connectivity index (χ1) is 12.4. The number of aromatic nitrogens is 1. The first-order valence-corrected chi connectivity index (χ1v) is 8.51. The second-order valence-corrected chi connectivity index (χ2v) is 6.26. The van der Waals surface area contributed by atoms with E-state index in [1.807, 2.05) is 30.3 Å². The summed E-state index contributed by atoms with van der Waals surface area (Å²) in [7, 11) is 0. The smallest absolute Gasteiger partial charge is 0.406 e. The lowest BCUT2D eigenvalue weighted by molar-refractivity contribution is -0.274. The van der Waals surface area contributed by atoms with Crippen molar-refractivity contribution in [3.05, 3.63) is 60.8 Å². The number of nitrogens with one attached hydrogen (secondary N) is 1. The van der Waals surface area contributed by atoms with Crippen LogP contribution in [-0.2, 0) is 4.79 Å². The number of fused-ring (bicyclic) bond motifs is 1. The van der Waals surface area contributed by atoms with Crippen molar-refractivity contribution in [3.8, 4) is 5.75 Å². The molecule has 26 heavy (non-hydrogen) atoms. The number of rotatable bonds is 5. The molecule has 1 N–H and O–H groups in total. The summed E-state index contributed by atoms with van der Waals surface area (Å²) in [5.41, 5.74) is 1.21. The van der Waals surface area contributed by atoms with Crippen molar-refractivity contribution in [3.63, 3.8) is 0 Å². The normalized spacial score (nSPS) is 11.3. The molecule has 1 heterocycles. The second kappa shape index (κ2) is 7.65. The molecule has 0 radical (unpaired) electrons. The Bertz CT molecular complexity index is 909. The summed E-state index contributed by atoms with van der Waals surface area (Å²) in [6, 6.07) is 14.5. The summed E-state index contributed by atoms with van der Waals surface area (Å²) >= 11 is 1.34. The van der Waals surface area contributed by atoms with Gasteiger partial charge in [-0.15, -0.1) is 24.9 Å². The molecule has 0 aliphatic rings. The van der Waals surface area contributed by atoms with E-state index in [4.69, 9.17) is 0 Å². The van der Waals surface area contributed by atoms with Gasteiger partial charge in [0.2, 0.25) is 5.91 Å². The molecule has 1 amide bonds. The van der Waals surface area contributed by atoms with Crippen molar-refractivity contribution in [2.24, 2.45) is 0 Å². The van der Waals surface area contributed by atoms with Crippen molar-refractivity contribution in [2.75, 3.05) is 11.1 Å². The molecule has 0 unspecified atom stereocenters. The molecular formula is C18H13F3N2O2S. The lowest BCUT2D eigenvalue weighted by Crippen LogP contribution is -2.17. The van der Waals surface area contributed by atoms with E-state index < -0.39 is 6.36 Å². The number of nitrogens with zero attached hydrogens (tertiary/aromatic N) is 1. The number of anilines is 1. The molecule has 2 aromatic carbocycles. The number of hydrogen-bond acceptors (Lipinski definition) is 4. The van der Waals surface area contributed by atoms with E-state index in [0.717, 1.165) is 27.9 Å². The molecule has 0 spiro atoms. The zero-order valence-corrected chi connectivity index (χ0v) is 14.1. The number of alkyl halides is 3. The average molecular weight is 378 g/mol. The van der Waals surface area contributed by atoms with Gasteiger partial charge in [0.1, 0.15) is 5.75 Å². The number of hydrogen-bond donors (Lipinski definition) is 1. The predicted molar refractivity (Wildman–Crippen MR) is 94.2 cm³/mol. The molecular weight excluding hydrogens is 365 g/mol. The van der Waals surface area contributed by atoms with Crippen LogP contribution in [0.1, 0.15) is 0 Å². The largest absolute Gasteiger partial charge is 0.573 e. The zero-order valence-electron chi connectivity index (χ0n) is 13.3. The number of pyridine rings is 1. The van der Waals surface area contributed by atoms with Gasteiger partial charge in [-0.25, -0.2) is 0 Å². The van der Waals surface area contributed by atoms with Crippen LogP contribution in [0.15, 0.2) is 65.7 Å². The number of carbonyl (C=O) groups is 1. The molecule has 0 aliphatic carbocycles. The van der Waals surface area contributed by atoms with Crippen LogP contribution < -0.4 is 10.1 Å². The van der Waals surface area contributed by atoms with Crippen molar-refractivity contribution in [2.45, 2.75) is 11.3 Å². The van der Waals surface area contributed by atoms with E-state index >= 15 is 0 Å². The molecule has 8 heteroatoms. The Morgan fingerprint density at radius 1 is 1.08 bits per heavy atom. The van der Waals surface area contributed by atoms with Gasteiger partial charge in [-0.2, -0.15) is 0 Å². The minimum Gasteiger partial charge on any atom is -0.406 e. The molecule has 0 bridgehead atoms. The SMILES string of the molecule is O=C(CSc1cccc2cccnc12)Nc1ccc(OC(F)(F)F)cc1. The van der Waals surface area contributed by atoms with Crippen molar-refractivity contribution < 1.29 is 22.7 Å². The average Bonchev–Trinajstić information content (AvgIpc) is 2.60. The third-order valence-corrected chi connectivity index (χ3v) is 4.37. The highest BCUT2D eigenvalue weighted by atomic mass is 32.2. The van der Waals surface area contributed by atoms with Gasteiger partial charge in [-0.05, 0) is 36.4 Å². The number of carbonyl (C=O) groups excluding carboxylic acids is 1. The Balaban J connectivity index is 1.59. The van der Waals surface area contributed by atoms with E-state index in [1.165, 1.54) is 23.9 Å². The summed E-state index contributed by atoms with van der Waals surface area (Å²) in [6.07, 6.45) is -3.05. The molecule has 3 aromatic rings. The summed E-state index contributed by atoms with van der Waals surface area (Å²) < 4.78 is 40.2. The Hall–Kier alpha value is -2.74. The molecule has 0 fully saturated rings. The molecule has 0 saturated heterocycles. The van der Waals surface area contributed by atoms with Gasteiger partial charge in [0.05, 0.1) is 11.3 Å². The number of para-hydroxylation sites is 1. The van der Waals surface area contributed by atoms with Gasteiger partial charge in [0, 0.05) is 22.2 Å². The monoisotopic (exact) mass is 378 g/mol. The Labute approximate surface area is 151 Å². The third kappa shape index (κ3) is 4.89. The van der Waals surface area contributed by atoms with Gasteiger partial charge in [-0.3, -0.25) is 9.78 Å². The highest BCUT2D eigenvalue weighted by molar-refractivity contribution is 8.00. The summed E-state index contributed by atoms with van der Waals surface area (Å²) in [6.45, 7) is 0. The van der Waals surface area contributed by atoms with Gasteiger partial charge in [-0.1, -0.05) is 18.2 Å². The molecule has 0 saturated carbocycles. The fourth-order valence-corrected chi connectivity index (χ4v) is 3.11. The van der Waals surface area contributed by atoms with Crippen LogP contribution in [0.3, 0.4) is 0 Å². The van der Waals surface area contributed by atoms with E-state index in [-0.39, 0.29) is 17.4 Å². The number of benzene rings is 2. The number of halogens is 3. The number of amides is 1. The molecule has 0 atom stereocenters. The molecule has 0 aliphatic heterocycles. The van der Waals surface area contributed by atoms with Gasteiger partial charge < -0.3 is 10.1 Å². The quantitative estimate of drug-likeness (QED) is 0.644. The first kappa shape index (κ1) is 18.1. The van der Waals surface area contributed by atoms with Crippen molar-refractivity contribution >= 4 is 34.3 Å². The lowest BCUT2D eigenvalue weighted by atomic mass is 10.2. The maximum absolute atomic E-state index is 12.1. The Morgan fingerprint density at radius 3 is 2.54 bits per heavy atom. The van der Waals surface area contributed by atoms with E-state index in [9.17, 15) is 18.0 Å². The Morgan fingerprint density at radius 2 is 1.81 bits per heavy atom. The molecule has 134 valence electrons. The summed E-state index contributed by atoms with van der Waals surface area (Å²) in [5, 5.41) is 3.62. The topological polar surface area (TPSA) is 51.2 Å². The minimum atomic E-state index is -4.74. The fourth-order valence-electron chi connectivity index (χ4n) is 2.27. The van der Waals surface area contributed by atoms with Gasteiger partial charge in [0.15, 0.2) is 0 Å². The van der Waals surface area contributed by atoms with Crippen LogP contribution in [0.5, 0.6) is 5.75 Å². The molecule has 1 aromatic heterocycles. The van der Waals surface area contributed by atoms with Crippen LogP contribution >= 0.6 is 11.8 Å². The van der Waals surface area contributed by atoms with Crippen molar-refractivity contribution in [1.29, 1.82) is 0 Å². The third-order valence-electron chi connectivity index (χ3n) is 3.33.